The highest BCUT2D eigenvalue weighted by Gasteiger charge is 2.18. The normalized spacial score (nSPS) is 12.1. The molecule has 0 amide bonds. The molecule has 1 atom stereocenters. The van der Waals surface area contributed by atoms with Crippen LogP contribution in [0.1, 0.15) is 30.4 Å². The van der Waals surface area contributed by atoms with E-state index < -0.39 is 0 Å². The van der Waals surface area contributed by atoms with Gasteiger partial charge in [0.25, 0.3) is 0 Å². The van der Waals surface area contributed by atoms with Crippen molar-refractivity contribution >= 4 is 21.7 Å². The molecule has 2 aromatic carbocycles. The molecule has 98 valence electrons. The largest absolute Gasteiger partial charge is 0.299 e. The van der Waals surface area contributed by atoms with Crippen LogP contribution in [-0.2, 0) is 11.2 Å². The van der Waals surface area contributed by atoms with Gasteiger partial charge in [0.1, 0.15) is 5.78 Å². The molecule has 1 unspecified atom stereocenters. The second-order valence-electron chi connectivity index (χ2n) is 4.64. The van der Waals surface area contributed by atoms with Gasteiger partial charge in [0.05, 0.1) is 0 Å². The fourth-order valence-electron chi connectivity index (χ4n) is 2.31. The number of benzene rings is 2. The fourth-order valence-corrected chi connectivity index (χ4v) is 2.75. The number of ketones is 1. The third-order valence-electron chi connectivity index (χ3n) is 3.27. The number of halogens is 1. The van der Waals surface area contributed by atoms with Gasteiger partial charge < -0.3 is 0 Å². The zero-order chi connectivity index (χ0) is 13.7. The summed E-state index contributed by atoms with van der Waals surface area (Å²) in [4.78, 5) is 12.4. The van der Waals surface area contributed by atoms with Crippen LogP contribution in [0.4, 0.5) is 0 Å². The molecular weight excluding hydrogens is 300 g/mol. The van der Waals surface area contributed by atoms with Crippen molar-refractivity contribution in [1.29, 1.82) is 0 Å². The number of carbonyl (C=O) groups excluding carboxylic acids is 1. The fraction of sp³-hybridized carbons (Fsp3) is 0.235. The van der Waals surface area contributed by atoms with Crippen LogP contribution in [0.3, 0.4) is 0 Å². The Labute approximate surface area is 122 Å². The average molecular weight is 317 g/mol. The summed E-state index contributed by atoms with van der Waals surface area (Å²) in [6.07, 6.45) is 1.34. The average Bonchev–Trinajstić information content (AvgIpc) is 2.41. The van der Waals surface area contributed by atoms with Gasteiger partial charge in [0.2, 0.25) is 0 Å². The molecule has 0 aromatic heterocycles. The number of hydrogen-bond acceptors (Lipinski definition) is 1. The van der Waals surface area contributed by atoms with E-state index in [1.807, 2.05) is 54.6 Å². The summed E-state index contributed by atoms with van der Waals surface area (Å²) in [6.45, 7) is 2.07. The van der Waals surface area contributed by atoms with E-state index in [0.717, 1.165) is 22.0 Å². The molecule has 0 heterocycles. The summed E-state index contributed by atoms with van der Waals surface area (Å²) in [6, 6.07) is 18.0. The van der Waals surface area contributed by atoms with Gasteiger partial charge in [-0.05, 0) is 29.7 Å². The second-order valence-corrected chi connectivity index (χ2v) is 5.56. The smallest absolute Gasteiger partial charge is 0.144 e. The predicted molar refractivity (Wildman–Crippen MR) is 82.3 cm³/mol. The lowest BCUT2D eigenvalue weighted by molar-refractivity contribution is -0.119. The standard InChI is InChI=1S/C17H17BrO/c1-2-16(14-8-4-3-5-9-14)17(19)12-13-7-6-10-15(18)11-13/h3-11,16H,2,12H2,1H3. The highest BCUT2D eigenvalue weighted by molar-refractivity contribution is 9.10. The van der Waals surface area contributed by atoms with Gasteiger partial charge in [-0.25, -0.2) is 0 Å². The van der Waals surface area contributed by atoms with Crippen LogP contribution in [0.5, 0.6) is 0 Å². The van der Waals surface area contributed by atoms with Crippen LogP contribution < -0.4 is 0 Å². The highest BCUT2D eigenvalue weighted by atomic mass is 79.9. The lowest BCUT2D eigenvalue weighted by atomic mass is 9.89. The molecule has 0 aliphatic heterocycles. The second kappa shape index (κ2) is 6.67. The molecule has 0 saturated carbocycles. The van der Waals surface area contributed by atoms with Crippen LogP contribution in [0.25, 0.3) is 0 Å². The Hall–Kier alpha value is -1.41. The van der Waals surface area contributed by atoms with Gasteiger partial charge in [0, 0.05) is 16.8 Å². The zero-order valence-electron chi connectivity index (χ0n) is 11.0. The molecule has 1 nitrogen and oxygen atoms in total. The molecule has 0 N–H and O–H groups in total. The maximum atomic E-state index is 12.4. The summed E-state index contributed by atoms with van der Waals surface area (Å²) in [5.41, 5.74) is 2.18. The minimum Gasteiger partial charge on any atom is -0.299 e. The van der Waals surface area contributed by atoms with E-state index in [-0.39, 0.29) is 11.7 Å². The molecule has 0 aliphatic rings. The van der Waals surface area contributed by atoms with E-state index in [1.54, 1.807) is 0 Å². The molecular formula is C17H17BrO. The third-order valence-corrected chi connectivity index (χ3v) is 3.76. The Morgan fingerprint density at radius 3 is 2.47 bits per heavy atom. The van der Waals surface area contributed by atoms with Crippen LogP contribution in [0.15, 0.2) is 59.1 Å². The minimum absolute atomic E-state index is 0.000168. The summed E-state index contributed by atoms with van der Waals surface area (Å²) in [5.74, 6) is 0.284. The maximum absolute atomic E-state index is 12.4. The summed E-state index contributed by atoms with van der Waals surface area (Å²) >= 11 is 3.44. The summed E-state index contributed by atoms with van der Waals surface area (Å²) < 4.78 is 1.02. The van der Waals surface area contributed by atoms with Crippen LogP contribution >= 0.6 is 15.9 Å². The van der Waals surface area contributed by atoms with Crippen molar-refractivity contribution in [2.75, 3.05) is 0 Å². The molecule has 0 fully saturated rings. The SMILES string of the molecule is CCC(C(=O)Cc1cccc(Br)c1)c1ccccc1. The Balaban J connectivity index is 2.14. The molecule has 2 rings (SSSR count). The Bertz CT molecular complexity index is 548. The van der Waals surface area contributed by atoms with E-state index >= 15 is 0 Å². The van der Waals surface area contributed by atoms with Crippen molar-refractivity contribution in [2.45, 2.75) is 25.7 Å². The van der Waals surface area contributed by atoms with Crippen LogP contribution in [0, 0.1) is 0 Å². The quantitative estimate of drug-likeness (QED) is 0.777. The van der Waals surface area contributed by atoms with Crippen LogP contribution in [-0.4, -0.2) is 5.78 Å². The van der Waals surface area contributed by atoms with Crippen molar-refractivity contribution < 1.29 is 4.79 Å². The number of Topliss-reactive ketones (excluding diaryl/α,β-unsaturated/α-hetero) is 1. The third kappa shape index (κ3) is 3.77. The molecule has 0 spiro atoms. The van der Waals surface area contributed by atoms with Gasteiger partial charge in [-0.1, -0.05) is 65.3 Å². The van der Waals surface area contributed by atoms with Crippen molar-refractivity contribution in [2.24, 2.45) is 0 Å². The molecule has 2 aromatic rings. The van der Waals surface area contributed by atoms with Crippen molar-refractivity contribution in [3.63, 3.8) is 0 Å². The topological polar surface area (TPSA) is 17.1 Å². The number of rotatable bonds is 5. The molecule has 19 heavy (non-hydrogen) atoms. The highest BCUT2D eigenvalue weighted by Crippen LogP contribution is 2.22. The van der Waals surface area contributed by atoms with Crippen molar-refractivity contribution in [3.8, 4) is 0 Å². The maximum Gasteiger partial charge on any atom is 0.144 e. The van der Waals surface area contributed by atoms with Gasteiger partial charge >= 0.3 is 0 Å². The number of hydrogen-bond donors (Lipinski definition) is 0. The first-order valence-electron chi connectivity index (χ1n) is 6.52. The molecule has 2 heteroatoms. The van der Waals surface area contributed by atoms with Gasteiger partial charge in [0.15, 0.2) is 0 Å². The molecule has 0 aliphatic carbocycles. The minimum atomic E-state index is 0.000168. The Morgan fingerprint density at radius 1 is 1.11 bits per heavy atom. The Morgan fingerprint density at radius 2 is 1.84 bits per heavy atom. The van der Waals surface area contributed by atoms with Gasteiger partial charge in [-0.2, -0.15) is 0 Å². The zero-order valence-corrected chi connectivity index (χ0v) is 12.6. The molecule has 0 bridgehead atoms. The summed E-state index contributed by atoms with van der Waals surface area (Å²) in [5, 5.41) is 0. The molecule has 0 saturated heterocycles. The van der Waals surface area contributed by atoms with Gasteiger partial charge in [-0.3, -0.25) is 4.79 Å². The van der Waals surface area contributed by atoms with Crippen LogP contribution in [0.2, 0.25) is 0 Å². The summed E-state index contributed by atoms with van der Waals surface area (Å²) in [7, 11) is 0. The van der Waals surface area contributed by atoms with Gasteiger partial charge in [-0.15, -0.1) is 0 Å². The van der Waals surface area contributed by atoms with E-state index in [0.29, 0.717) is 6.42 Å². The lowest BCUT2D eigenvalue weighted by Gasteiger charge is -2.14. The first kappa shape index (κ1) is 14.0. The predicted octanol–water partition coefficient (Wildman–Crippen LogP) is 4.75. The first-order valence-corrected chi connectivity index (χ1v) is 7.32. The van der Waals surface area contributed by atoms with E-state index in [2.05, 4.69) is 22.9 Å². The first-order chi connectivity index (χ1) is 9.20. The Kier molecular flexibility index (Phi) is 4.92. The van der Waals surface area contributed by atoms with Crippen molar-refractivity contribution in [3.05, 3.63) is 70.2 Å². The number of carbonyl (C=O) groups is 1. The van der Waals surface area contributed by atoms with Crippen molar-refractivity contribution in [1.82, 2.24) is 0 Å². The van der Waals surface area contributed by atoms with E-state index in [1.165, 1.54) is 0 Å². The monoisotopic (exact) mass is 316 g/mol. The molecule has 0 radical (unpaired) electrons. The van der Waals surface area contributed by atoms with E-state index in [4.69, 9.17) is 0 Å². The van der Waals surface area contributed by atoms with E-state index in [9.17, 15) is 4.79 Å². The lowest BCUT2D eigenvalue weighted by Crippen LogP contribution is -2.14.